The van der Waals surface area contributed by atoms with Crippen LogP contribution in [0.4, 0.5) is 0 Å². The Balaban J connectivity index is 1.52. The molecule has 0 heterocycles. The van der Waals surface area contributed by atoms with Gasteiger partial charge >= 0.3 is 5.97 Å². The molecule has 1 amide bonds. The van der Waals surface area contributed by atoms with Gasteiger partial charge in [0, 0.05) is 5.02 Å². The van der Waals surface area contributed by atoms with Crippen molar-refractivity contribution in [2.24, 2.45) is 5.10 Å². The monoisotopic (exact) mass is 476 g/mol. The van der Waals surface area contributed by atoms with E-state index >= 15 is 0 Å². The minimum absolute atomic E-state index is 0.227. The third kappa shape index (κ3) is 6.72. The van der Waals surface area contributed by atoms with Gasteiger partial charge in [-0.05, 0) is 54.1 Å². The zero-order valence-electron chi connectivity index (χ0n) is 15.8. The number of nitrogens with one attached hydrogen (secondary N) is 1. The molecule has 9 heteroatoms. The summed E-state index contributed by atoms with van der Waals surface area (Å²) in [5.41, 5.74) is 3.32. The summed E-state index contributed by atoms with van der Waals surface area (Å²) in [6.45, 7) is -0.295. The molecule has 6 nitrogen and oxygen atoms in total. The number of carbonyl (C=O) groups is 2. The van der Waals surface area contributed by atoms with E-state index in [4.69, 9.17) is 44.3 Å². The van der Waals surface area contributed by atoms with Crippen molar-refractivity contribution in [1.29, 1.82) is 0 Å². The molecule has 0 aliphatic rings. The number of hydrogen-bond acceptors (Lipinski definition) is 5. The molecule has 0 aliphatic carbocycles. The van der Waals surface area contributed by atoms with Gasteiger partial charge in [-0.3, -0.25) is 4.79 Å². The fraction of sp³-hybridized carbons (Fsp3) is 0.0455. The fourth-order valence-electron chi connectivity index (χ4n) is 2.36. The molecule has 0 fully saturated rings. The minimum atomic E-state index is -0.518. The molecular weight excluding hydrogens is 463 g/mol. The van der Waals surface area contributed by atoms with Gasteiger partial charge in [-0.25, -0.2) is 10.2 Å². The molecule has 158 valence electrons. The van der Waals surface area contributed by atoms with Crippen molar-refractivity contribution in [3.05, 3.63) is 92.9 Å². The standard InChI is InChI=1S/C22H15Cl3N2O4/c23-16-9-7-15(8-10-16)22(29)31-17-4-1-3-14(11-17)12-26-27-20(28)13-30-19-6-2-5-18(24)21(19)25/h1-12H,13H2,(H,27,28). The maximum absolute atomic E-state index is 12.2. The molecule has 3 aromatic carbocycles. The molecule has 1 N–H and O–H groups in total. The van der Waals surface area contributed by atoms with Crippen LogP contribution in [0.1, 0.15) is 15.9 Å². The SMILES string of the molecule is O=C(COc1cccc(Cl)c1Cl)NN=Cc1cccc(OC(=O)c2ccc(Cl)cc2)c1. The number of halogens is 3. The number of ether oxygens (including phenoxy) is 2. The summed E-state index contributed by atoms with van der Waals surface area (Å²) < 4.78 is 10.7. The van der Waals surface area contributed by atoms with Crippen molar-refractivity contribution in [2.45, 2.75) is 0 Å². The van der Waals surface area contributed by atoms with Gasteiger partial charge in [0.1, 0.15) is 16.5 Å². The van der Waals surface area contributed by atoms with Gasteiger partial charge in [0.15, 0.2) is 6.61 Å². The average molecular weight is 478 g/mol. The summed E-state index contributed by atoms with van der Waals surface area (Å²) >= 11 is 17.7. The van der Waals surface area contributed by atoms with Gasteiger partial charge in [0.2, 0.25) is 0 Å². The first-order chi connectivity index (χ1) is 14.9. The quantitative estimate of drug-likeness (QED) is 0.214. The predicted octanol–water partition coefficient (Wildman–Crippen LogP) is 5.40. The lowest BCUT2D eigenvalue weighted by Crippen LogP contribution is -2.24. The molecule has 0 spiro atoms. The van der Waals surface area contributed by atoms with Crippen molar-refractivity contribution >= 4 is 52.9 Å². The maximum Gasteiger partial charge on any atom is 0.343 e. The molecule has 3 aromatic rings. The Hall–Kier alpha value is -3.06. The third-order valence-electron chi connectivity index (χ3n) is 3.83. The van der Waals surface area contributed by atoms with E-state index < -0.39 is 11.9 Å². The number of hydrogen-bond donors (Lipinski definition) is 1. The van der Waals surface area contributed by atoms with Crippen molar-refractivity contribution < 1.29 is 19.1 Å². The predicted molar refractivity (Wildman–Crippen MR) is 121 cm³/mol. The Morgan fingerprint density at radius 2 is 1.71 bits per heavy atom. The lowest BCUT2D eigenvalue weighted by Gasteiger charge is -2.07. The minimum Gasteiger partial charge on any atom is -0.482 e. The average Bonchev–Trinajstić information content (AvgIpc) is 2.75. The van der Waals surface area contributed by atoms with Crippen LogP contribution in [-0.2, 0) is 4.79 Å². The first-order valence-corrected chi connectivity index (χ1v) is 10.0. The molecule has 0 saturated heterocycles. The second-order valence-corrected chi connectivity index (χ2v) is 7.32. The van der Waals surface area contributed by atoms with Crippen LogP contribution in [0, 0.1) is 0 Å². The normalized spacial score (nSPS) is 10.7. The molecule has 0 radical (unpaired) electrons. The zero-order chi connectivity index (χ0) is 22.2. The van der Waals surface area contributed by atoms with Crippen LogP contribution in [0.2, 0.25) is 15.1 Å². The summed E-state index contributed by atoms with van der Waals surface area (Å²) in [5, 5.41) is 4.94. The molecular formula is C22H15Cl3N2O4. The van der Waals surface area contributed by atoms with Gasteiger partial charge in [0.05, 0.1) is 16.8 Å². The molecule has 3 rings (SSSR count). The Labute approximate surface area is 193 Å². The summed E-state index contributed by atoms with van der Waals surface area (Å²) in [4.78, 5) is 24.1. The van der Waals surface area contributed by atoms with Gasteiger partial charge < -0.3 is 9.47 Å². The van der Waals surface area contributed by atoms with Crippen LogP contribution in [-0.4, -0.2) is 24.7 Å². The van der Waals surface area contributed by atoms with Gasteiger partial charge in [-0.1, -0.05) is 53.0 Å². The largest absolute Gasteiger partial charge is 0.482 e. The van der Waals surface area contributed by atoms with Gasteiger partial charge in [-0.15, -0.1) is 0 Å². The van der Waals surface area contributed by atoms with Crippen molar-refractivity contribution in [3.8, 4) is 11.5 Å². The van der Waals surface area contributed by atoms with Crippen molar-refractivity contribution in [1.82, 2.24) is 5.43 Å². The number of hydrazone groups is 1. The summed E-state index contributed by atoms with van der Waals surface area (Å²) in [5.74, 6) is -0.383. The molecule has 0 aromatic heterocycles. The molecule has 0 bridgehead atoms. The van der Waals surface area contributed by atoms with Crippen LogP contribution in [0.15, 0.2) is 71.8 Å². The second-order valence-electron chi connectivity index (χ2n) is 6.10. The second kappa shape index (κ2) is 10.8. The highest BCUT2D eigenvalue weighted by Crippen LogP contribution is 2.31. The molecule has 0 aliphatic heterocycles. The van der Waals surface area contributed by atoms with Crippen LogP contribution >= 0.6 is 34.8 Å². The summed E-state index contributed by atoms with van der Waals surface area (Å²) in [6.07, 6.45) is 1.41. The highest BCUT2D eigenvalue weighted by atomic mass is 35.5. The smallest absolute Gasteiger partial charge is 0.343 e. The van der Waals surface area contributed by atoms with Gasteiger partial charge in [0.25, 0.3) is 5.91 Å². The van der Waals surface area contributed by atoms with Crippen LogP contribution < -0.4 is 14.9 Å². The van der Waals surface area contributed by atoms with Crippen LogP contribution in [0.5, 0.6) is 11.5 Å². The van der Waals surface area contributed by atoms with Crippen LogP contribution in [0.3, 0.4) is 0 Å². The van der Waals surface area contributed by atoms with E-state index in [1.165, 1.54) is 6.21 Å². The van der Waals surface area contributed by atoms with E-state index in [2.05, 4.69) is 10.5 Å². The van der Waals surface area contributed by atoms with E-state index in [0.29, 0.717) is 32.7 Å². The Kier molecular flexibility index (Phi) is 7.89. The lowest BCUT2D eigenvalue weighted by molar-refractivity contribution is -0.123. The van der Waals surface area contributed by atoms with Crippen molar-refractivity contribution in [3.63, 3.8) is 0 Å². The summed E-state index contributed by atoms with van der Waals surface area (Å²) in [7, 11) is 0. The van der Waals surface area contributed by atoms with Crippen LogP contribution in [0.25, 0.3) is 0 Å². The highest BCUT2D eigenvalue weighted by Gasteiger charge is 2.09. The Bertz CT molecular complexity index is 1120. The Morgan fingerprint density at radius 3 is 2.48 bits per heavy atom. The molecule has 0 atom stereocenters. The molecule has 0 unspecified atom stereocenters. The number of nitrogens with zero attached hydrogens (tertiary/aromatic N) is 1. The maximum atomic E-state index is 12.2. The first-order valence-electron chi connectivity index (χ1n) is 8.89. The number of esters is 1. The number of carbonyl (C=O) groups excluding carboxylic acids is 2. The number of rotatable bonds is 7. The zero-order valence-corrected chi connectivity index (χ0v) is 18.1. The van der Waals surface area contributed by atoms with Crippen molar-refractivity contribution in [2.75, 3.05) is 6.61 Å². The number of benzene rings is 3. The first kappa shape index (κ1) is 22.6. The topological polar surface area (TPSA) is 77.0 Å². The fourth-order valence-corrected chi connectivity index (χ4v) is 2.83. The van der Waals surface area contributed by atoms with Gasteiger partial charge in [-0.2, -0.15) is 5.10 Å². The molecule has 0 saturated carbocycles. The van der Waals surface area contributed by atoms with E-state index in [1.807, 2.05) is 0 Å². The molecule has 31 heavy (non-hydrogen) atoms. The Morgan fingerprint density at radius 1 is 0.968 bits per heavy atom. The van der Waals surface area contributed by atoms with E-state index in [-0.39, 0.29) is 11.6 Å². The third-order valence-corrected chi connectivity index (χ3v) is 4.88. The number of amides is 1. The van der Waals surface area contributed by atoms with E-state index in [0.717, 1.165) is 0 Å². The van der Waals surface area contributed by atoms with E-state index in [1.54, 1.807) is 66.7 Å². The van der Waals surface area contributed by atoms with E-state index in [9.17, 15) is 9.59 Å². The highest BCUT2D eigenvalue weighted by molar-refractivity contribution is 6.42. The lowest BCUT2D eigenvalue weighted by atomic mass is 10.2. The summed E-state index contributed by atoms with van der Waals surface area (Å²) in [6, 6.07) is 17.9.